The highest BCUT2D eigenvalue weighted by Crippen LogP contribution is 2.20. The van der Waals surface area contributed by atoms with Gasteiger partial charge in [0.25, 0.3) is 0 Å². The number of aliphatic hydroxyl groups is 1. The molecule has 0 saturated carbocycles. The fourth-order valence-electron chi connectivity index (χ4n) is 2.49. The average molecular weight is 198 g/mol. The van der Waals surface area contributed by atoms with Crippen molar-refractivity contribution < 1.29 is 5.11 Å². The third-order valence-electron chi connectivity index (χ3n) is 3.56. The van der Waals surface area contributed by atoms with Crippen LogP contribution in [0, 0.1) is 0 Å². The third kappa shape index (κ3) is 2.69. The highest BCUT2D eigenvalue weighted by molar-refractivity contribution is 4.88. The van der Waals surface area contributed by atoms with Gasteiger partial charge < -0.3 is 15.3 Å². The lowest BCUT2D eigenvalue weighted by molar-refractivity contribution is 0.0384. The molecule has 0 aromatic carbocycles. The molecular weight excluding hydrogens is 176 g/mol. The molecule has 2 heterocycles. The molecular formula is C11H22N2O. The van der Waals surface area contributed by atoms with E-state index in [1.54, 1.807) is 0 Å². The first-order valence-electron chi connectivity index (χ1n) is 5.94. The van der Waals surface area contributed by atoms with Crippen LogP contribution in [0.2, 0.25) is 0 Å². The first-order chi connectivity index (χ1) is 6.79. The lowest BCUT2D eigenvalue weighted by Gasteiger charge is -2.30. The summed E-state index contributed by atoms with van der Waals surface area (Å²) in [4.78, 5) is 2.50. The summed E-state index contributed by atoms with van der Waals surface area (Å²) >= 11 is 0. The largest absolute Gasteiger partial charge is 0.388 e. The number of likely N-dealkylation sites (tertiary alicyclic amines) is 1. The van der Waals surface area contributed by atoms with E-state index in [1.807, 2.05) is 0 Å². The summed E-state index contributed by atoms with van der Waals surface area (Å²) in [6, 6.07) is 0. The molecule has 82 valence electrons. The van der Waals surface area contributed by atoms with Gasteiger partial charge in [-0.25, -0.2) is 0 Å². The van der Waals surface area contributed by atoms with Crippen molar-refractivity contribution in [2.24, 2.45) is 0 Å². The monoisotopic (exact) mass is 198 g/mol. The SMILES string of the molecule is OC1(CCN2CCCCC2)CCNC1. The molecule has 2 aliphatic heterocycles. The van der Waals surface area contributed by atoms with E-state index < -0.39 is 5.60 Å². The maximum absolute atomic E-state index is 10.1. The van der Waals surface area contributed by atoms with E-state index in [1.165, 1.54) is 32.4 Å². The number of β-amino-alcohol motifs (C(OH)–C–C–N with tert-alkyl or cyclic N) is 1. The van der Waals surface area contributed by atoms with Crippen LogP contribution in [-0.4, -0.2) is 48.3 Å². The number of piperidine rings is 1. The van der Waals surface area contributed by atoms with E-state index in [0.29, 0.717) is 0 Å². The van der Waals surface area contributed by atoms with Crippen molar-refractivity contribution in [2.75, 3.05) is 32.7 Å². The third-order valence-corrected chi connectivity index (χ3v) is 3.56. The van der Waals surface area contributed by atoms with E-state index in [-0.39, 0.29) is 0 Å². The van der Waals surface area contributed by atoms with Gasteiger partial charge in [0, 0.05) is 13.1 Å². The fraction of sp³-hybridized carbons (Fsp3) is 1.00. The Labute approximate surface area is 86.5 Å². The Hall–Kier alpha value is -0.120. The lowest BCUT2D eigenvalue weighted by Crippen LogP contribution is -2.38. The summed E-state index contributed by atoms with van der Waals surface area (Å²) in [5.41, 5.74) is -0.405. The van der Waals surface area contributed by atoms with E-state index in [4.69, 9.17) is 0 Å². The van der Waals surface area contributed by atoms with Gasteiger partial charge in [0.05, 0.1) is 5.60 Å². The second-order valence-corrected chi connectivity index (χ2v) is 4.80. The molecule has 3 heteroatoms. The zero-order chi connectivity index (χ0) is 9.86. The zero-order valence-electron chi connectivity index (χ0n) is 8.97. The minimum absolute atomic E-state index is 0.405. The molecule has 0 amide bonds. The van der Waals surface area contributed by atoms with Crippen LogP contribution in [0.1, 0.15) is 32.1 Å². The van der Waals surface area contributed by atoms with Crippen molar-refractivity contribution in [3.8, 4) is 0 Å². The number of nitrogens with zero attached hydrogens (tertiary/aromatic N) is 1. The predicted molar refractivity (Wildman–Crippen MR) is 57.3 cm³/mol. The fourth-order valence-corrected chi connectivity index (χ4v) is 2.49. The van der Waals surface area contributed by atoms with Gasteiger partial charge in [0.15, 0.2) is 0 Å². The highest BCUT2D eigenvalue weighted by atomic mass is 16.3. The van der Waals surface area contributed by atoms with Crippen molar-refractivity contribution in [1.29, 1.82) is 0 Å². The summed E-state index contributed by atoms with van der Waals surface area (Å²) in [5, 5.41) is 13.4. The molecule has 2 fully saturated rings. The second kappa shape index (κ2) is 4.60. The summed E-state index contributed by atoms with van der Waals surface area (Å²) in [6.45, 7) is 5.34. The molecule has 0 aromatic heterocycles. The topological polar surface area (TPSA) is 35.5 Å². The number of nitrogens with one attached hydrogen (secondary N) is 1. The van der Waals surface area contributed by atoms with Gasteiger partial charge in [-0.2, -0.15) is 0 Å². The van der Waals surface area contributed by atoms with Gasteiger partial charge in [-0.3, -0.25) is 0 Å². The van der Waals surface area contributed by atoms with Crippen LogP contribution >= 0.6 is 0 Å². The Kier molecular flexibility index (Phi) is 3.42. The first kappa shape index (κ1) is 10.4. The Balaban J connectivity index is 1.70. The first-order valence-corrected chi connectivity index (χ1v) is 5.94. The van der Waals surface area contributed by atoms with Crippen molar-refractivity contribution in [3.63, 3.8) is 0 Å². The van der Waals surface area contributed by atoms with Crippen LogP contribution in [0.5, 0.6) is 0 Å². The van der Waals surface area contributed by atoms with Crippen molar-refractivity contribution in [3.05, 3.63) is 0 Å². The Morgan fingerprint density at radius 1 is 1.21 bits per heavy atom. The maximum atomic E-state index is 10.1. The quantitative estimate of drug-likeness (QED) is 0.696. The summed E-state index contributed by atoms with van der Waals surface area (Å²) in [6.07, 6.45) is 5.95. The molecule has 2 N–H and O–H groups in total. The second-order valence-electron chi connectivity index (χ2n) is 4.80. The molecule has 2 saturated heterocycles. The minimum Gasteiger partial charge on any atom is -0.388 e. The van der Waals surface area contributed by atoms with Gasteiger partial charge in [-0.1, -0.05) is 6.42 Å². The summed E-state index contributed by atoms with van der Waals surface area (Å²) < 4.78 is 0. The number of hydrogen-bond acceptors (Lipinski definition) is 3. The van der Waals surface area contributed by atoms with E-state index in [9.17, 15) is 5.11 Å². The van der Waals surface area contributed by atoms with Crippen molar-refractivity contribution in [2.45, 2.75) is 37.7 Å². The van der Waals surface area contributed by atoms with E-state index in [0.717, 1.165) is 32.5 Å². The predicted octanol–water partition coefficient (Wildman–Crippen LogP) is 0.587. The lowest BCUT2D eigenvalue weighted by atomic mass is 9.98. The highest BCUT2D eigenvalue weighted by Gasteiger charge is 2.31. The molecule has 2 rings (SSSR count). The molecule has 0 aromatic rings. The van der Waals surface area contributed by atoms with Gasteiger partial charge in [-0.15, -0.1) is 0 Å². The van der Waals surface area contributed by atoms with Gasteiger partial charge in [0.2, 0.25) is 0 Å². The van der Waals surface area contributed by atoms with Crippen molar-refractivity contribution in [1.82, 2.24) is 10.2 Å². The molecule has 0 spiro atoms. The number of rotatable bonds is 3. The van der Waals surface area contributed by atoms with E-state index in [2.05, 4.69) is 10.2 Å². The zero-order valence-corrected chi connectivity index (χ0v) is 8.97. The summed E-state index contributed by atoms with van der Waals surface area (Å²) in [5.74, 6) is 0. The van der Waals surface area contributed by atoms with Gasteiger partial charge >= 0.3 is 0 Å². The van der Waals surface area contributed by atoms with Crippen LogP contribution in [0.3, 0.4) is 0 Å². The molecule has 1 unspecified atom stereocenters. The van der Waals surface area contributed by atoms with Crippen LogP contribution in [0.25, 0.3) is 0 Å². The van der Waals surface area contributed by atoms with E-state index >= 15 is 0 Å². The maximum Gasteiger partial charge on any atom is 0.0795 e. The van der Waals surface area contributed by atoms with Crippen LogP contribution in [0.4, 0.5) is 0 Å². The van der Waals surface area contributed by atoms with Gasteiger partial charge in [0.1, 0.15) is 0 Å². The smallest absolute Gasteiger partial charge is 0.0795 e. The molecule has 1 atom stereocenters. The Morgan fingerprint density at radius 2 is 2.00 bits per heavy atom. The molecule has 0 radical (unpaired) electrons. The van der Waals surface area contributed by atoms with Crippen LogP contribution in [0.15, 0.2) is 0 Å². The number of hydrogen-bond donors (Lipinski definition) is 2. The molecule has 0 bridgehead atoms. The Morgan fingerprint density at radius 3 is 2.64 bits per heavy atom. The molecule has 0 aliphatic carbocycles. The van der Waals surface area contributed by atoms with Crippen molar-refractivity contribution >= 4 is 0 Å². The standard InChI is InChI=1S/C11H22N2O/c14-11(4-6-12-10-11)5-9-13-7-2-1-3-8-13/h12,14H,1-10H2. The van der Waals surface area contributed by atoms with Crippen LogP contribution in [-0.2, 0) is 0 Å². The minimum atomic E-state index is -0.405. The van der Waals surface area contributed by atoms with Crippen LogP contribution < -0.4 is 5.32 Å². The molecule has 3 nitrogen and oxygen atoms in total. The average Bonchev–Trinajstić information content (AvgIpc) is 2.65. The van der Waals surface area contributed by atoms with Gasteiger partial charge in [-0.05, 0) is 45.3 Å². The normalized spacial score (nSPS) is 34.9. The molecule has 14 heavy (non-hydrogen) atoms. The Bertz CT molecular complexity index is 172. The molecule has 2 aliphatic rings. The summed E-state index contributed by atoms with van der Waals surface area (Å²) in [7, 11) is 0.